The van der Waals surface area contributed by atoms with Crippen LogP contribution in [0.15, 0.2) is 24.5 Å². The topological polar surface area (TPSA) is 37.4 Å². The molecule has 1 aromatic heterocycles. The van der Waals surface area contributed by atoms with Crippen molar-refractivity contribution in [3.05, 3.63) is 24.5 Å². The maximum Gasteiger partial charge on any atom is 0.0587 e. The van der Waals surface area contributed by atoms with Gasteiger partial charge in [-0.1, -0.05) is 0 Å². The van der Waals surface area contributed by atoms with Gasteiger partial charge in [0.25, 0.3) is 0 Å². The normalized spacial score (nSPS) is 19.8. The van der Waals surface area contributed by atoms with E-state index in [2.05, 4.69) is 27.3 Å². The Bertz CT molecular complexity index is 318. The van der Waals surface area contributed by atoms with E-state index >= 15 is 0 Å². The molecular weight excluding hydrogens is 214 g/mol. The lowest BCUT2D eigenvalue weighted by atomic mass is 10.2. The fraction of sp³-hybridized carbons (Fsp3) is 0.615. The first kappa shape index (κ1) is 12.3. The van der Waals surface area contributed by atoms with E-state index in [9.17, 15) is 0 Å². The molecule has 4 heteroatoms. The summed E-state index contributed by atoms with van der Waals surface area (Å²) in [6.07, 6.45) is 6.27. The number of hydrogen-bond acceptors (Lipinski definition) is 4. The Morgan fingerprint density at radius 3 is 3.06 bits per heavy atom. The van der Waals surface area contributed by atoms with Gasteiger partial charge in [0.1, 0.15) is 0 Å². The third-order valence-corrected chi connectivity index (χ3v) is 3.23. The predicted octanol–water partition coefficient (Wildman–Crippen LogP) is 1.29. The molecule has 0 amide bonds. The molecule has 0 bridgehead atoms. The highest BCUT2D eigenvalue weighted by Gasteiger charge is 2.23. The molecule has 1 aliphatic heterocycles. The zero-order valence-corrected chi connectivity index (χ0v) is 10.4. The molecule has 1 saturated heterocycles. The molecule has 1 fully saturated rings. The zero-order valence-electron chi connectivity index (χ0n) is 10.4. The second-order valence-electron chi connectivity index (χ2n) is 4.39. The zero-order chi connectivity index (χ0) is 11.9. The summed E-state index contributed by atoms with van der Waals surface area (Å²) in [5.74, 6) is 0. The Kier molecular flexibility index (Phi) is 4.76. The molecule has 0 spiro atoms. The molecule has 0 radical (unpaired) electrons. The van der Waals surface area contributed by atoms with E-state index in [0.717, 1.165) is 26.2 Å². The van der Waals surface area contributed by atoms with Gasteiger partial charge in [0, 0.05) is 50.9 Å². The molecule has 0 aromatic carbocycles. The Balaban J connectivity index is 1.85. The van der Waals surface area contributed by atoms with Crippen LogP contribution in [0.1, 0.15) is 12.8 Å². The third-order valence-electron chi connectivity index (χ3n) is 3.23. The molecule has 1 N–H and O–H groups in total. The van der Waals surface area contributed by atoms with Crippen molar-refractivity contribution in [2.24, 2.45) is 0 Å². The quantitative estimate of drug-likeness (QED) is 0.754. The molecule has 1 aliphatic rings. The number of nitrogens with one attached hydrogen (secondary N) is 1. The smallest absolute Gasteiger partial charge is 0.0587 e. The Morgan fingerprint density at radius 1 is 1.47 bits per heavy atom. The second-order valence-corrected chi connectivity index (χ2v) is 4.39. The van der Waals surface area contributed by atoms with Crippen molar-refractivity contribution in [1.29, 1.82) is 0 Å². The van der Waals surface area contributed by atoms with E-state index in [1.807, 2.05) is 12.4 Å². The Morgan fingerprint density at radius 2 is 2.29 bits per heavy atom. The van der Waals surface area contributed by atoms with Crippen LogP contribution in [-0.2, 0) is 4.74 Å². The van der Waals surface area contributed by atoms with E-state index in [1.54, 1.807) is 7.11 Å². The summed E-state index contributed by atoms with van der Waals surface area (Å²) in [5, 5.41) is 3.45. The fourth-order valence-corrected chi connectivity index (χ4v) is 2.37. The van der Waals surface area contributed by atoms with Crippen LogP contribution < -0.4 is 10.2 Å². The predicted molar refractivity (Wildman–Crippen MR) is 69.4 cm³/mol. The third kappa shape index (κ3) is 3.41. The van der Waals surface area contributed by atoms with Gasteiger partial charge in [-0.3, -0.25) is 4.98 Å². The van der Waals surface area contributed by atoms with Crippen molar-refractivity contribution in [2.45, 2.75) is 18.9 Å². The summed E-state index contributed by atoms with van der Waals surface area (Å²) in [6.45, 7) is 3.89. The average Bonchev–Trinajstić information content (AvgIpc) is 2.84. The largest absolute Gasteiger partial charge is 0.383 e. The van der Waals surface area contributed by atoms with Crippen LogP contribution in [-0.4, -0.2) is 44.4 Å². The molecule has 0 saturated carbocycles. The van der Waals surface area contributed by atoms with Crippen molar-refractivity contribution in [2.75, 3.05) is 38.3 Å². The van der Waals surface area contributed by atoms with Crippen LogP contribution in [0.25, 0.3) is 0 Å². The van der Waals surface area contributed by atoms with Crippen LogP contribution in [0.2, 0.25) is 0 Å². The first-order chi connectivity index (χ1) is 8.42. The number of anilines is 1. The van der Waals surface area contributed by atoms with Crippen LogP contribution in [0.3, 0.4) is 0 Å². The van der Waals surface area contributed by atoms with E-state index in [1.165, 1.54) is 18.5 Å². The van der Waals surface area contributed by atoms with E-state index in [-0.39, 0.29) is 0 Å². The van der Waals surface area contributed by atoms with Crippen LogP contribution in [0, 0.1) is 0 Å². The number of pyridine rings is 1. The minimum Gasteiger partial charge on any atom is -0.383 e. The van der Waals surface area contributed by atoms with Gasteiger partial charge >= 0.3 is 0 Å². The summed E-state index contributed by atoms with van der Waals surface area (Å²) in [7, 11) is 1.74. The van der Waals surface area contributed by atoms with Crippen molar-refractivity contribution in [1.82, 2.24) is 10.3 Å². The molecule has 17 heavy (non-hydrogen) atoms. The van der Waals surface area contributed by atoms with Crippen molar-refractivity contribution in [3.63, 3.8) is 0 Å². The molecular formula is C13H21N3O. The van der Waals surface area contributed by atoms with Crippen LogP contribution in [0.4, 0.5) is 5.69 Å². The van der Waals surface area contributed by atoms with Gasteiger partial charge in [0.2, 0.25) is 0 Å². The van der Waals surface area contributed by atoms with E-state index < -0.39 is 0 Å². The minimum atomic E-state index is 0.606. The summed E-state index contributed by atoms with van der Waals surface area (Å²) in [5.41, 5.74) is 1.29. The number of aromatic nitrogens is 1. The highest BCUT2D eigenvalue weighted by atomic mass is 16.5. The van der Waals surface area contributed by atoms with Crippen molar-refractivity contribution < 1.29 is 4.74 Å². The van der Waals surface area contributed by atoms with E-state index in [0.29, 0.717) is 6.04 Å². The SMILES string of the molecule is COCCNCC1CCCN1c1ccncc1. The van der Waals surface area contributed by atoms with Crippen molar-refractivity contribution in [3.8, 4) is 0 Å². The first-order valence-corrected chi connectivity index (χ1v) is 6.28. The highest BCUT2D eigenvalue weighted by Crippen LogP contribution is 2.24. The number of hydrogen-bond donors (Lipinski definition) is 1. The molecule has 2 rings (SSSR count). The lowest BCUT2D eigenvalue weighted by Gasteiger charge is -2.26. The first-order valence-electron chi connectivity index (χ1n) is 6.28. The van der Waals surface area contributed by atoms with Gasteiger partial charge in [-0.2, -0.15) is 0 Å². The molecule has 1 atom stereocenters. The highest BCUT2D eigenvalue weighted by molar-refractivity contribution is 5.46. The number of rotatable bonds is 6. The van der Waals surface area contributed by atoms with Crippen molar-refractivity contribution >= 4 is 5.69 Å². The Hall–Kier alpha value is -1.13. The van der Waals surface area contributed by atoms with Gasteiger partial charge in [0.15, 0.2) is 0 Å². The maximum absolute atomic E-state index is 5.03. The Labute approximate surface area is 103 Å². The summed E-state index contributed by atoms with van der Waals surface area (Å²) in [6, 6.07) is 4.79. The summed E-state index contributed by atoms with van der Waals surface area (Å²) >= 11 is 0. The van der Waals surface area contributed by atoms with E-state index in [4.69, 9.17) is 4.74 Å². The van der Waals surface area contributed by atoms with Gasteiger partial charge in [-0.15, -0.1) is 0 Å². The minimum absolute atomic E-state index is 0.606. The molecule has 0 aliphatic carbocycles. The average molecular weight is 235 g/mol. The number of nitrogens with zero attached hydrogens (tertiary/aromatic N) is 2. The van der Waals surface area contributed by atoms with Gasteiger partial charge in [-0.25, -0.2) is 0 Å². The van der Waals surface area contributed by atoms with Gasteiger partial charge in [0.05, 0.1) is 6.61 Å². The van der Waals surface area contributed by atoms with Gasteiger partial charge in [-0.05, 0) is 25.0 Å². The summed E-state index contributed by atoms with van der Waals surface area (Å²) in [4.78, 5) is 6.54. The molecule has 1 aromatic rings. The second kappa shape index (κ2) is 6.57. The molecule has 2 heterocycles. The monoisotopic (exact) mass is 235 g/mol. The van der Waals surface area contributed by atoms with Crippen LogP contribution >= 0.6 is 0 Å². The molecule has 1 unspecified atom stereocenters. The van der Waals surface area contributed by atoms with Gasteiger partial charge < -0.3 is 15.0 Å². The molecule has 94 valence electrons. The maximum atomic E-state index is 5.03. The summed E-state index contributed by atoms with van der Waals surface area (Å²) < 4.78 is 5.03. The number of methoxy groups -OCH3 is 1. The fourth-order valence-electron chi connectivity index (χ4n) is 2.37. The lowest BCUT2D eigenvalue weighted by Crippen LogP contribution is -2.38. The molecule has 4 nitrogen and oxygen atoms in total. The van der Waals surface area contributed by atoms with Crippen LogP contribution in [0.5, 0.6) is 0 Å². The standard InChI is InChI=1S/C13H21N3O/c1-17-10-8-15-11-13-3-2-9-16(13)12-4-6-14-7-5-12/h4-7,13,15H,2-3,8-11H2,1H3. The number of ether oxygens (including phenoxy) is 1. The lowest BCUT2D eigenvalue weighted by molar-refractivity contribution is 0.199.